The zero-order valence-electron chi connectivity index (χ0n) is 12.4. The van der Waals surface area contributed by atoms with Crippen LogP contribution in [0.4, 0.5) is 9.18 Å². The molecule has 3 unspecified atom stereocenters. The summed E-state index contributed by atoms with van der Waals surface area (Å²) in [5, 5.41) is 2.81. The standard InChI is InChI=1S/C15H22FN3O2/c1-10(17)14(11-3-5-12(16)6-4-11)19-8-7-13(9-19)18-15(20)21-2/h3-6,10,13-14H,7-9,17H2,1-2H3,(H,18,20). The average Bonchev–Trinajstić information content (AvgIpc) is 2.88. The zero-order chi connectivity index (χ0) is 15.4. The molecule has 1 saturated heterocycles. The highest BCUT2D eigenvalue weighted by Crippen LogP contribution is 2.27. The summed E-state index contributed by atoms with van der Waals surface area (Å²) in [5.74, 6) is -0.256. The minimum atomic E-state index is -0.416. The number of halogens is 1. The van der Waals surface area contributed by atoms with E-state index in [1.165, 1.54) is 19.2 Å². The number of alkyl carbamates (subject to hydrolysis) is 1. The van der Waals surface area contributed by atoms with E-state index in [0.717, 1.165) is 18.5 Å². The molecular formula is C15H22FN3O2. The first kappa shape index (κ1) is 15.7. The van der Waals surface area contributed by atoms with Crippen molar-refractivity contribution in [2.24, 2.45) is 5.73 Å². The van der Waals surface area contributed by atoms with Gasteiger partial charge in [-0.3, -0.25) is 4.90 Å². The molecule has 6 heteroatoms. The molecule has 0 saturated carbocycles. The first-order chi connectivity index (χ1) is 10.0. The quantitative estimate of drug-likeness (QED) is 0.886. The predicted octanol–water partition coefficient (Wildman–Crippen LogP) is 1.64. The fourth-order valence-electron chi connectivity index (χ4n) is 2.89. The monoisotopic (exact) mass is 295 g/mol. The fraction of sp³-hybridized carbons (Fsp3) is 0.533. The van der Waals surface area contributed by atoms with Crippen molar-refractivity contribution in [3.63, 3.8) is 0 Å². The van der Waals surface area contributed by atoms with Gasteiger partial charge in [0.25, 0.3) is 0 Å². The molecule has 0 bridgehead atoms. The second-order valence-corrected chi connectivity index (χ2v) is 5.47. The summed E-state index contributed by atoms with van der Waals surface area (Å²) in [5.41, 5.74) is 7.10. The molecular weight excluding hydrogens is 273 g/mol. The third kappa shape index (κ3) is 3.92. The van der Waals surface area contributed by atoms with Crippen molar-refractivity contribution < 1.29 is 13.9 Å². The van der Waals surface area contributed by atoms with Crippen molar-refractivity contribution in [3.8, 4) is 0 Å². The largest absolute Gasteiger partial charge is 0.453 e. The molecule has 2 rings (SSSR count). The molecule has 116 valence electrons. The highest BCUT2D eigenvalue weighted by molar-refractivity contribution is 5.67. The van der Waals surface area contributed by atoms with Crippen LogP contribution in [0, 0.1) is 5.82 Å². The van der Waals surface area contributed by atoms with E-state index in [2.05, 4.69) is 15.0 Å². The Morgan fingerprint density at radius 2 is 2.14 bits per heavy atom. The molecule has 1 aliphatic heterocycles. The van der Waals surface area contributed by atoms with Gasteiger partial charge in [-0.25, -0.2) is 9.18 Å². The van der Waals surface area contributed by atoms with Gasteiger partial charge < -0.3 is 15.8 Å². The summed E-state index contributed by atoms with van der Waals surface area (Å²) in [6.07, 6.45) is 0.431. The van der Waals surface area contributed by atoms with Crippen molar-refractivity contribution in [1.29, 1.82) is 0 Å². The molecule has 1 amide bonds. The number of carbonyl (C=O) groups is 1. The maximum atomic E-state index is 13.1. The Balaban J connectivity index is 2.06. The number of nitrogens with two attached hydrogens (primary N) is 1. The average molecular weight is 295 g/mol. The number of benzene rings is 1. The highest BCUT2D eigenvalue weighted by atomic mass is 19.1. The van der Waals surface area contributed by atoms with Gasteiger partial charge in [0, 0.05) is 31.2 Å². The van der Waals surface area contributed by atoms with E-state index >= 15 is 0 Å². The lowest BCUT2D eigenvalue weighted by Crippen LogP contribution is -2.41. The van der Waals surface area contributed by atoms with Crippen molar-refractivity contribution in [2.45, 2.75) is 31.5 Å². The SMILES string of the molecule is COC(=O)NC1CCN(C(c2ccc(F)cc2)C(C)N)C1. The first-order valence-corrected chi connectivity index (χ1v) is 7.11. The second kappa shape index (κ2) is 6.87. The molecule has 1 aliphatic rings. The van der Waals surface area contributed by atoms with Gasteiger partial charge in [-0.05, 0) is 31.0 Å². The van der Waals surface area contributed by atoms with E-state index in [0.29, 0.717) is 6.54 Å². The number of methoxy groups -OCH3 is 1. The van der Waals surface area contributed by atoms with Gasteiger partial charge in [-0.2, -0.15) is 0 Å². The summed E-state index contributed by atoms with van der Waals surface area (Å²) in [6.45, 7) is 3.48. The van der Waals surface area contributed by atoms with Gasteiger partial charge in [-0.15, -0.1) is 0 Å². The normalized spacial score (nSPS) is 21.8. The molecule has 21 heavy (non-hydrogen) atoms. The van der Waals surface area contributed by atoms with E-state index in [4.69, 9.17) is 5.73 Å². The molecule has 0 aliphatic carbocycles. The second-order valence-electron chi connectivity index (χ2n) is 5.47. The number of nitrogens with one attached hydrogen (secondary N) is 1. The molecule has 3 N–H and O–H groups in total. The van der Waals surface area contributed by atoms with E-state index in [1.807, 2.05) is 6.92 Å². The van der Waals surface area contributed by atoms with Crippen LogP contribution < -0.4 is 11.1 Å². The van der Waals surface area contributed by atoms with Gasteiger partial charge in [0.15, 0.2) is 0 Å². The number of hydrogen-bond donors (Lipinski definition) is 2. The third-order valence-corrected chi connectivity index (χ3v) is 3.83. The fourth-order valence-corrected chi connectivity index (χ4v) is 2.89. The minimum Gasteiger partial charge on any atom is -0.453 e. The highest BCUT2D eigenvalue weighted by Gasteiger charge is 2.32. The molecule has 1 heterocycles. The number of carbonyl (C=O) groups excluding carboxylic acids is 1. The summed E-state index contributed by atoms with van der Waals surface area (Å²) in [7, 11) is 1.35. The minimum absolute atomic E-state index is 0.00930. The van der Waals surface area contributed by atoms with E-state index in [9.17, 15) is 9.18 Å². The smallest absolute Gasteiger partial charge is 0.407 e. The molecule has 1 aromatic carbocycles. The van der Waals surface area contributed by atoms with Crippen LogP contribution in [0.2, 0.25) is 0 Å². The zero-order valence-corrected chi connectivity index (χ0v) is 12.4. The Morgan fingerprint density at radius 1 is 1.48 bits per heavy atom. The van der Waals surface area contributed by atoms with Gasteiger partial charge >= 0.3 is 6.09 Å². The van der Waals surface area contributed by atoms with Crippen molar-refractivity contribution >= 4 is 6.09 Å². The summed E-state index contributed by atoms with van der Waals surface area (Å²) in [4.78, 5) is 13.5. The van der Waals surface area contributed by atoms with Gasteiger partial charge in [-0.1, -0.05) is 12.1 Å². The Labute approximate surface area is 124 Å². The van der Waals surface area contributed by atoms with Crippen LogP contribution in [0.1, 0.15) is 24.9 Å². The van der Waals surface area contributed by atoms with E-state index in [-0.39, 0.29) is 23.9 Å². The maximum Gasteiger partial charge on any atom is 0.407 e. The molecule has 3 atom stereocenters. The van der Waals surface area contributed by atoms with Crippen LogP contribution in [0.15, 0.2) is 24.3 Å². The van der Waals surface area contributed by atoms with Gasteiger partial charge in [0.05, 0.1) is 7.11 Å². The Kier molecular flexibility index (Phi) is 5.14. The van der Waals surface area contributed by atoms with Crippen molar-refractivity contribution in [3.05, 3.63) is 35.6 Å². The lowest BCUT2D eigenvalue weighted by atomic mass is 9.99. The Morgan fingerprint density at radius 3 is 2.71 bits per heavy atom. The number of rotatable bonds is 4. The van der Waals surface area contributed by atoms with Crippen LogP contribution in [0.25, 0.3) is 0 Å². The molecule has 5 nitrogen and oxygen atoms in total. The number of amides is 1. The van der Waals surface area contributed by atoms with Crippen LogP contribution in [0.3, 0.4) is 0 Å². The van der Waals surface area contributed by atoms with Crippen LogP contribution in [0.5, 0.6) is 0 Å². The molecule has 1 aromatic rings. The van der Waals surface area contributed by atoms with Crippen molar-refractivity contribution in [1.82, 2.24) is 10.2 Å². The number of ether oxygens (including phenoxy) is 1. The van der Waals surface area contributed by atoms with Gasteiger partial charge in [0.1, 0.15) is 5.82 Å². The molecule has 0 aromatic heterocycles. The lowest BCUT2D eigenvalue weighted by molar-refractivity contribution is 0.164. The topological polar surface area (TPSA) is 67.6 Å². The van der Waals surface area contributed by atoms with E-state index < -0.39 is 6.09 Å². The van der Waals surface area contributed by atoms with Gasteiger partial charge in [0.2, 0.25) is 0 Å². The number of hydrogen-bond acceptors (Lipinski definition) is 4. The first-order valence-electron chi connectivity index (χ1n) is 7.11. The van der Waals surface area contributed by atoms with Crippen LogP contribution >= 0.6 is 0 Å². The van der Waals surface area contributed by atoms with Crippen LogP contribution in [-0.2, 0) is 4.74 Å². The Bertz CT molecular complexity index is 478. The third-order valence-electron chi connectivity index (χ3n) is 3.83. The number of nitrogens with zero attached hydrogens (tertiary/aromatic N) is 1. The van der Waals surface area contributed by atoms with E-state index in [1.54, 1.807) is 12.1 Å². The molecule has 0 spiro atoms. The lowest BCUT2D eigenvalue weighted by Gasteiger charge is -2.31. The summed E-state index contributed by atoms with van der Waals surface area (Å²) >= 11 is 0. The maximum absolute atomic E-state index is 13.1. The predicted molar refractivity (Wildman–Crippen MR) is 78.3 cm³/mol. The number of likely N-dealkylation sites (tertiary alicyclic amines) is 1. The summed E-state index contributed by atoms with van der Waals surface area (Å²) < 4.78 is 17.7. The Hall–Kier alpha value is -1.66. The molecule has 0 radical (unpaired) electrons. The summed E-state index contributed by atoms with van der Waals surface area (Å²) in [6, 6.07) is 6.41. The van der Waals surface area contributed by atoms with Crippen molar-refractivity contribution in [2.75, 3.05) is 20.2 Å². The van der Waals surface area contributed by atoms with Crippen LogP contribution in [-0.4, -0.2) is 43.3 Å². The molecule has 1 fully saturated rings.